The molecule has 0 aliphatic heterocycles. The fraction of sp³-hybridized carbons (Fsp3) is 0.667. The Bertz CT molecular complexity index is 410. The molecule has 1 N–H and O–H groups in total. The van der Waals surface area contributed by atoms with E-state index in [-0.39, 0.29) is 0 Å². The quantitative estimate of drug-likeness (QED) is 0.717. The largest absolute Gasteiger partial charge is 0.372 e. The third-order valence-corrected chi connectivity index (χ3v) is 4.52. The van der Waals surface area contributed by atoms with E-state index in [1.54, 1.807) is 0 Å². The number of nitrogens with one attached hydrogen (secondary N) is 1. The maximum atomic E-state index is 3.49. The lowest BCUT2D eigenvalue weighted by atomic mass is 9.85. The molecule has 0 saturated heterocycles. The second-order valence-corrected chi connectivity index (χ2v) is 6.12. The second-order valence-electron chi connectivity index (χ2n) is 6.12. The van der Waals surface area contributed by atoms with Gasteiger partial charge in [-0.15, -0.1) is 0 Å². The van der Waals surface area contributed by atoms with Crippen LogP contribution in [0.4, 0.5) is 5.69 Å². The standard InChI is InChI=1S/C18H30N2/c1-4-11-19-13-17-9-10-18(12-15(17)3)20(5-2)14-16-7-6-8-16/h9-10,12,16,19H,4-8,11,13-14H2,1-3H3. The molecule has 1 aromatic carbocycles. The van der Waals surface area contributed by atoms with Gasteiger partial charge in [-0.1, -0.05) is 19.4 Å². The zero-order chi connectivity index (χ0) is 14.4. The molecular weight excluding hydrogens is 244 g/mol. The zero-order valence-electron chi connectivity index (χ0n) is 13.4. The third-order valence-electron chi connectivity index (χ3n) is 4.52. The number of aryl methyl sites for hydroxylation is 1. The van der Waals surface area contributed by atoms with Gasteiger partial charge < -0.3 is 10.2 Å². The summed E-state index contributed by atoms with van der Waals surface area (Å²) in [5, 5.41) is 3.49. The summed E-state index contributed by atoms with van der Waals surface area (Å²) in [6.45, 7) is 11.2. The van der Waals surface area contributed by atoms with Crippen LogP contribution in [-0.2, 0) is 6.54 Å². The Kier molecular flexibility index (Phi) is 5.90. The summed E-state index contributed by atoms with van der Waals surface area (Å²) in [6.07, 6.45) is 5.48. The highest BCUT2D eigenvalue weighted by molar-refractivity contribution is 5.51. The summed E-state index contributed by atoms with van der Waals surface area (Å²) in [4.78, 5) is 2.54. The first-order chi connectivity index (χ1) is 9.74. The summed E-state index contributed by atoms with van der Waals surface area (Å²) in [5.74, 6) is 0.932. The van der Waals surface area contributed by atoms with Gasteiger partial charge in [0, 0.05) is 25.3 Å². The van der Waals surface area contributed by atoms with Gasteiger partial charge >= 0.3 is 0 Å². The summed E-state index contributed by atoms with van der Waals surface area (Å²) < 4.78 is 0. The van der Waals surface area contributed by atoms with Gasteiger partial charge in [-0.3, -0.25) is 0 Å². The highest BCUT2D eigenvalue weighted by atomic mass is 15.1. The SMILES string of the molecule is CCCNCc1ccc(N(CC)CC2CCC2)cc1C. The van der Waals surface area contributed by atoms with E-state index < -0.39 is 0 Å². The van der Waals surface area contributed by atoms with Gasteiger partial charge in [-0.05, 0) is 68.8 Å². The molecule has 0 radical (unpaired) electrons. The van der Waals surface area contributed by atoms with Crippen LogP contribution in [0.25, 0.3) is 0 Å². The van der Waals surface area contributed by atoms with Gasteiger partial charge in [-0.25, -0.2) is 0 Å². The number of nitrogens with zero attached hydrogens (tertiary/aromatic N) is 1. The molecule has 0 unspecified atom stereocenters. The Morgan fingerprint density at radius 3 is 2.60 bits per heavy atom. The molecule has 1 saturated carbocycles. The molecule has 1 fully saturated rings. The topological polar surface area (TPSA) is 15.3 Å². The molecule has 20 heavy (non-hydrogen) atoms. The summed E-state index contributed by atoms with van der Waals surface area (Å²) in [7, 11) is 0. The van der Waals surface area contributed by atoms with Crippen molar-refractivity contribution in [2.45, 2.75) is 53.0 Å². The Labute approximate surface area is 124 Å². The minimum absolute atomic E-state index is 0.932. The zero-order valence-corrected chi connectivity index (χ0v) is 13.4. The first-order valence-corrected chi connectivity index (χ1v) is 8.29. The Hall–Kier alpha value is -1.02. The third kappa shape index (κ3) is 3.99. The van der Waals surface area contributed by atoms with Crippen LogP contribution >= 0.6 is 0 Å². The molecule has 1 aliphatic carbocycles. The molecule has 0 atom stereocenters. The van der Waals surface area contributed by atoms with Crippen LogP contribution < -0.4 is 10.2 Å². The molecule has 112 valence electrons. The van der Waals surface area contributed by atoms with E-state index in [0.717, 1.165) is 25.6 Å². The van der Waals surface area contributed by atoms with Crippen LogP contribution in [0, 0.1) is 12.8 Å². The molecular formula is C18H30N2. The number of hydrogen-bond acceptors (Lipinski definition) is 2. The van der Waals surface area contributed by atoms with Gasteiger partial charge in [0.05, 0.1) is 0 Å². The maximum absolute atomic E-state index is 3.49. The minimum Gasteiger partial charge on any atom is -0.372 e. The number of hydrogen-bond donors (Lipinski definition) is 1. The Morgan fingerprint density at radius 2 is 2.05 bits per heavy atom. The van der Waals surface area contributed by atoms with Crippen molar-refractivity contribution >= 4 is 5.69 Å². The molecule has 2 rings (SSSR count). The first-order valence-electron chi connectivity index (χ1n) is 8.29. The van der Waals surface area contributed by atoms with Crippen molar-refractivity contribution in [3.63, 3.8) is 0 Å². The van der Waals surface area contributed by atoms with Crippen LogP contribution in [0.3, 0.4) is 0 Å². The summed E-state index contributed by atoms with van der Waals surface area (Å²) in [5.41, 5.74) is 4.25. The van der Waals surface area contributed by atoms with E-state index in [0.29, 0.717) is 0 Å². The number of anilines is 1. The van der Waals surface area contributed by atoms with Gasteiger partial charge in [-0.2, -0.15) is 0 Å². The van der Waals surface area contributed by atoms with Crippen LogP contribution in [0.1, 0.15) is 50.7 Å². The first kappa shape index (κ1) is 15.4. The molecule has 2 heteroatoms. The molecule has 0 bridgehead atoms. The predicted octanol–water partition coefficient (Wildman–Crippen LogP) is 4.12. The van der Waals surface area contributed by atoms with Crippen molar-refractivity contribution in [2.24, 2.45) is 5.92 Å². The molecule has 0 spiro atoms. The average molecular weight is 274 g/mol. The van der Waals surface area contributed by atoms with Crippen LogP contribution in [0.2, 0.25) is 0 Å². The lowest BCUT2D eigenvalue weighted by Gasteiger charge is -2.33. The van der Waals surface area contributed by atoms with Gasteiger partial charge in [0.15, 0.2) is 0 Å². The Morgan fingerprint density at radius 1 is 1.25 bits per heavy atom. The lowest BCUT2D eigenvalue weighted by Crippen LogP contribution is -2.32. The highest BCUT2D eigenvalue weighted by Crippen LogP contribution is 2.29. The van der Waals surface area contributed by atoms with Gasteiger partial charge in [0.1, 0.15) is 0 Å². The fourth-order valence-electron chi connectivity index (χ4n) is 2.88. The van der Waals surface area contributed by atoms with E-state index >= 15 is 0 Å². The summed E-state index contributed by atoms with van der Waals surface area (Å²) >= 11 is 0. The van der Waals surface area contributed by atoms with E-state index in [1.165, 1.54) is 49.0 Å². The smallest absolute Gasteiger partial charge is 0.0369 e. The van der Waals surface area contributed by atoms with Crippen molar-refractivity contribution in [2.75, 3.05) is 24.5 Å². The van der Waals surface area contributed by atoms with Crippen molar-refractivity contribution in [1.29, 1.82) is 0 Å². The Balaban J connectivity index is 1.98. The van der Waals surface area contributed by atoms with Crippen molar-refractivity contribution in [3.05, 3.63) is 29.3 Å². The number of rotatable bonds is 8. The molecule has 0 aromatic heterocycles. The average Bonchev–Trinajstić information content (AvgIpc) is 2.40. The van der Waals surface area contributed by atoms with Gasteiger partial charge in [0.2, 0.25) is 0 Å². The van der Waals surface area contributed by atoms with Crippen LogP contribution in [0.15, 0.2) is 18.2 Å². The predicted molar refractivity (Wildman–Crippen MR) is 88.4 cm³/mol. The number of benzene rings is 1. The van der Waals surface area contributed by atoms with Crippen molar-refractivity contribution in [1.82, 2.24) is 5.32 Å². The van der Waals surface area contributed by atoms with E-state index in [4.69, 9.17) is 0 Å². The molecule has 0 heterocycles. The second kappa shape index (κ2) is 7.68. The van der Waals surface area contributed by atoms with E-state index in [2.05, 4.69) is 49.2 Å². The molecule has 0 amide bonds. The van der Waals surface area contributed by atoms with Crippen LogP contribution in [-0.4, -0.2) is 19.6 Å². The van der Waals surface area contributed by atoms with Crippen molar-refractivity contribution < 1.29 is 0 Å². The van der Waals surface area contributed by atoms with E-state index in [1.807, 2.05) is 0 Å². The normalized spacial score (nSPS) is 15.2. The fourth-order valence-corrected chi connectivity index (χ4v) is 2.88. The highest BCUT2D eigenvalue weighted by Gasteiger charge is 2.20. The molecule has 2 nitrogen and oxygen atoms in total. The monoisotopic (exact) mass is 274 g/mol. The maximum Gasteiger partial charge on any atom is 0.0369 e. The van der Waals surface area contributed by atoms with Crippen molar-refractivity contribution in [3.8, 4) is 0 Å². The summed E-state index contributed by atoms with van der Waals surface area (Å²) in [6, 6.07) is 6.97. The molecule has 1 aliphatic rings. The van der Waals surface area contributed by atoms with E-state index in [9.17, 15) is 0 Å². The molecule has 1 aromatic rings. The van der Waals surface area contributed by atoms with Crippen LogP contribution in [0.5, 0.6) is 0 Å². The van der Waals surface area contributed by atoms with Gasteiger partial charge in [0.25, 0.3) is 0 Å². The lowest BCUT2D eigenvalue weighted by molar-refractivity contribution is 0.318. The minimum atomic E-state index is 0.932.